The summed E-state index contributed by atoms with van der Waals surface area (Å²) in [6, 6.07) is 4.50. The molecule has 16 heavy (non-hydrogen) atoms. The molecule has 0 saturated carbocycles. The Bertz CT molecular complexity index is 469. The average molecular weight is 259 g/mol. The van der Waals surface area contributed by atoms with Crippen molar-refractivity contribution in [1.29, 1.82) is 5.26 Å². The first-order chi connectivity index (χ1) is 7.51. The van der Waals surface area contributed by atoms with Crippen molar-refractivity contribution in [1.82, 2.24) is 0 Å². The lowest BCUT2D eigenvalue weighted by atomic mass is 10.2. The van der Waals surface area contributed by atoms with Gasteiger partial charge in [0, 0.05) is 12.1 Å². The summed E-state index contributed by atoms with van der Waals surface area (Å²) in [6.45, 7) is 0. The van der Waals surface area contributed by atoms with Gasteiger partial charge >= 0.3 is 5.91 Å². The van der Waals surface area contributed by atoms with Crippen LogP contribution >= 0.6 is 23.2 Å². The van der Waals surface area contributed by atoms with Gasteiger partial charge in [-0.1, -0.05) is 23.2 Å². The number of ether oxygens (including phenoxy) is 1. The standard InChI is InChI=1S/C10H8Cl2N2O2/c1-14(9(15)5-13)8-4-6(11)3-7(12)10(8)16-2/h3-4H,1-2H3. The van der Waals surface area contributed by atoms with Crippen LogP contribution in [0.5, 0.6) is 5.75 Å². The van der Waals surface area contributed by atoms with Crippen molar-refractivity contribution < 1.29 is 9.53 Å². The number of amides is 1. The number of nitrogens with zero attached hydrogens (tertiary/aromatic N) is 2. The minimum atomic E-state index is -0.725. The summed E-state index contributed by atoms with van der Waals surface area (Å²) >= 11 is 11.7. The molecule has 6 heteroatoms. The van der Waals surface area contributed by atoms with Crippen LogP contribution in [0.2, 0.25) is 10.0 Å². The van der Waals surface area contributed by atoms with E-state index in [9.17, 15) is 4.79 Å². The fourth-order valence-electron chi connectivity index (χ4n) is 1.18. The maximum Gasteiger partial charge on any atom is 0.329 e. The number of methoxy groups -OCH3 is 1. The summed E-state index contributed by atoms with van der Waals surface area (Å²) in [5.41, 5.74) is 0.353. The molecule has 1 rings (SSSR count). The SMILES string of the molecule is COc1c(Cl)cc(Cl)cc1N(C)C(=O)C#N. The maximum atomic E-state index is 11.2. The van der Waals surface area contributed by atoms with E-state index in [0.29, 0.717) is 16.5 Å². The van der Waals surface area contributed by atoms with E-state index >= 15 is 0 Å². The number of anilines is 1. The minimum Gasteiger partial charge on any atom is -0.493 e. The zero-order valence-corrected chi connectivity index (χ0v) is 10.1. The van der Waals surface area contributed by atoms with E-state index in [0.717, 1.165) is 4.90 Å². The number of carbonyl (C=O) groups is 1. The van der Waals surface area contributed by atoms with Gasteiger partial charge in [0.15, 0.2) is 11.8 Å². The van der Waals surface area contributed by atoms with Crippen LogP contribution in [-0.4, -0.2) is 20.1 Å². The van der Waals surface area contributed by atoms with Crippen LogP contribution in [0.3, 0.4) is 0 Å². The predicted octanol–water partition coefficient (Wildman–Crippen LogP) is 2.49. The molecule has 0 aromatic heterocycles. The molecule has 1 aromatic rings. The molecule has 0 radical (unpaired) electrons. The van der Waals surface area contributed by atoms with E-state index in [-0.39, 0.29) is 5.02 Å². The molecule has 1 amide bonds. The molecule has 84 valence electrons. The number of rotatable bonds is 2. The van der Waals surface area contributed by atoms with Gasteiger partial charge in [-0.2, -0.15) is 5.26 Å². The lowest BCUT2D eigenvalue weighted by Crippen LogP contribution is -2.24. The molecule has 0 spiro atoms. The second-order valence-electron chi connectivity index (χ2n) is 2.92. The highest BCUT2D eigenvalue weighted by Gasteiger charge is 2.18. The minimum absolute atomic E-state index is 0.280. The van der Waals surface area contributed by atoms with E-state index < -0.39 is 5.91 Å². The van der Waals surface area contributed by atoms with Crippen molar-refractivity contribution >= 4 is 34.8 Å². The third kappa shape index (κ3) is 2.38. The van der Waals surface area contributed by atoms with Crippen molar-refractivity contribution in [3.63, 3.8) is 0 Å². The maximum absolute atomic E-state index is 11.2. The molecule has 0 aliphatic heterocycles. The Labute approximate surface area is 103 Å². The topological polar surface area (TPSA) is 53.3 Å². The number of nitriles is 1. The van der Waals surface area contributed by atoms with Gasteiger partial charge in [-0.3, -0.25) is 9.69 Å². The summed E-state index contributed by atoms with van der Waals surface area (Å²) in [5, 5.41) is 9.16. The van der Waals surface area contributed by atoms with Crippen molar-refractivity contribution in [3.8, 4) is 11.8 Å². The number of hydrogen-bond donors (Lipinski definition) is 0. The van der Waals surface area contributed by atoms with E-state index in [1.54, 1.807) is 0 Å². The third-order valence-corrected chi connectivity index (χ3v) is 2.45. The lowest BCUT2D eigenvalue weighted by molar-refractivity contribution is -0.113. The molecule has 0 saturated heterocycles. The molecule has 4 nitrogen and oxygen atoms in total. The smallest absolute Gasteiger partial charge is 0.329 e. The Balaban J connectivity index is 3.32. The van der Waals surface area contributed by atoms with Crippen LogP contribution in [0.4, 0.5) is 5.69 Å². The highest BCUT2D eigenvalue weighted by atomic mass is 35.5. The number of carbonyl (C=O) groups excluding carboxylic acids is 1. The largest absolute Gasteiger partial charge is 0.493 e. The van der Waals surface area contributed by atoms with Gasteiger partial charge in [-0.05, 0) is 12.1 Å². The molecule has 0 fully saturated rings. The number of halogens is 2. The van der Waals surface area contributed by atoms with Crippen LogP contribution in [-0.2, 0) is 4.79 Å². The molecule has 0 aliphatic carbocycles. The van der Waals surface area contributed by atoms with Crippen LogP contribution in [0, 0.1) is 11.3 Å². The van der Waals surface area contributed by atoms with Gasteiger partial charge in [0.25, 0.3) is 0 Å². The first-order valence-electron chi connectivity index (χ1n) is 4.22. The summed E-state index contributed by atoms with van der Waals surface area (Å²) in [4.78, 5) is 12.3. The summed E-state index contributed by atoms with van der Waals surface area (Å²) in [5.74, 6) is -0.422. The van der Waals surface area contributed by atoms with Gasteiger partial charge < -0.3 is 4.74 Å². The number of hydrogen-bond acceptors (Lipinski definition) is 3. The lowest BCUT2D eigenvalue weighted by Gasteiger charge is -2.18. The Kier molecular flexibility index (Phi) is 3.99. The highest BCUT2D eigenvalue weighted by Crippen LogP contribution is 2.37. The van der Waals surface area contributed by atoms with Gasteiger partial charge in [0.05, 0.1) is 17.8 Å². The zero-order valence-electron chi connectivity index (χ0n) is 8.62. The molecular weight excluding hydrogens is 251 g/mol. The van der Waals surface area contributed by atoms with Crippen LogP contribution in [0.25, 0.3) is 0 Å². The first kappa shape index (κ1) is 12.6. The first-order valence-corrected chi connectivity index (χ1v) is 4.97. The number of benzene rings is 1. The van der Waals surface area contributed by atoms with Crippen LogP contribution in [0.15, 0.2) is 12.1 Å². The monoisotopic (exact) mass is 258 g/mol. The second kappa shape index (κ2) is 5.06. The van der Waals surface area contributed by atoms with E-state index in [1.165, 1.54) is 32.4 Å². The van der Waals surface area contributed by atoms with Crippen LogP contribution in [0.1, 0.15) is 0 Å². The molecule has 0 unspecified atom stereocenters. The predicted molar refractivity (Wildman–Crippen MR) is 62.0 cm³/mol. The van der Waals surface area contributed by atoms with Crippen molar-refractivity contribution in [2.24, 2.45) is 0 Å². The highest BCUT2D eigenvalue weighted by molar-refractivity contribution is 6.36. The quantitative estimate of drug-likeness (QED) is 0.766. The zero-order chi connectivity index (χ0) is 12.3. The molecule has 1 aromatic carbocycles. The molecule has 0 aliphatic rings. The van der Waals surface area contributed by atoms with Crippen LogP contribution < -0.4 is 9.64 Å². The fraction of sp³-hybridized carbons (Fsp3) is 0.200. The Hall–Kier alpha value is -1.44. The van der Waals surface area contributed by atoms with E-state index in [1.807, 2.05) is 0 Å². The van der Waals surface area contributed by atoms with Gasteiger partial charge in [0.2, 0.25) is 0 Å². The molecule has 0 atom stereocenters. The molecule has 0 heterocycles. The van der Waals surface area contributed by atoms with Gasteiger partial charge in [0.1, 0.15) is 0 Å². The summed E-state index contributed by atoms with van der Waals surface area (Å²) in [6.07, 6.45) is 0. The van der Waals surface area contributed by atoms with Crippen molar-refractivity contribution in [2.75, 3.05) is 19.1 Å². The Morgan fingerprint density at radius 3 is 2.62 bits per heavy atom. The average Bonchev–Trinajstić information content (AvgIpc) is 2.26. The van der Waals surface area contributed by atoms with Crippen molar-refractivity contribution in [3.05, 3.63) is 22.2 Å². The van der Waals surface area contributed by atoms with Crippen molar-refractivity contribution in [2.45, 2.75) is 0 Å². The molecule has 0 N–H and O–H groups in total. The third-order valence-electron chi connectivity index (χ3n) is 1.95. The van der Waals surface area contributed by atoms with Gasteiger partial charge in [-0.15, -0.1) is 0 Å². The fourth-order valence-corrected chi connectivity index (χ4v) is 1.74. The second-order valence-corrected chi connectivity index (χ2v) is 3.76. The van der Waals surface area contributed by atoms with E-state index in [4.69, 9.17) is 33.2 Å². The normalized spacial score (nSPS) is 9.44. The van der Waals surface area contributed by atoms with Gasteiger partial charge in [-0.25, -0.2) is 0 Å². The summed E-state index contributed by atoms with van der Waals surface area (Å²) in [7, 11) is 2.86. The Morgan fingerprint density at radius 2 is 2.12 bits per heavy atom. The summed E-state index contributed by atoms with van der Waals surface area (Å²) < 4.78 is 5.05. The molecular formula is C10H8Cl2N2O2. The van der Waals surface area contributed by atoms with E-state index in [2.05, 4.69) is 0 Å². The molecule has 0 bridgehead atoms. The Morgan fingerprint density at radius 1 is 1.50 bits per heavy atom.